The highest BCUT2D eigenvalue weighted by atomic mass is 16.6. The Morgan fingerprint density at radius 1 is 0.778 bits per heavy atom. The fourth-order valence-electron chi connectivity index (χ4n) is 7.19. The Morgan fingerprint density at radius 3 is 1.69 bits per heavy atom. The SMILES string of the molecule is CCC(C)C(=O)Nc1cccc(N(CCOC(=O)C2(C)CCc3c(C)c(O)c(C)c(C)c3O2)CCOC(=O)C2(C)CCc3c(C)c(O)c(C)c(C)c3O2)c1. The molecule has 1 amide bonds. The molecule has 0 fully saturated rings. The lowest BCUT2D eigenvalue weighted by Gasteiger charge is -2.36. The molecule has 292 valence electrons. The van der Waals surface area contributed by atoms with Crippen molar-refractivity contribution in [1.29, 1.82) is 0 Å². The van der Waals surface area contributed by atoms with Gasteiger partial charge in [-0.1, -0.05) is 19.9 Å². The third-order valence-corrected chi connectivity index (χ3v) is 11.6. The van der Waals surface area contributed by atoms with Crippen LogP contribution in [0.3, 0.4) is 0 Å². The number of rotatable bonds is 12. The number of benzene rings is 3. The fraction of sp³-hybridized carbons (Fsp3) is 0.512. The van der Waals surface area contributed by atoms with E-state index in [9.17, 15) is 24.6 Å². The van der Waals surface area contributed by atoms with Crippen molar-refractivity contribution in [2.24, 2.45) is 5.92 Å². The molecule has 0 saturated heterocycles. The summed E-state index contributed by atoms with van der Waals surface area (Å²) in [5, 5.41) is 24.1. The van der Waals surface area contributed by atoms with Crippen LogP contribution < -0.4 is 19.7 Å². The van der Waals surface area contributed by atoms with E-state index in [4.69, 9.17) is 18.9 Å². The van der Waals surface area contributed by atoms with Gasteiger partial charge in [-0.2, -0.15) is 0 Å². The Kier molecular flexibility index (Phi) is 11.8. The van der Waals surface area contributed by atoms with Gasteiger partial charge in [-0.25, -0.2) is 9.59 Å². The van der Waals surface area contributed by atoms with Gasteiger partial charge in [0.25, 0.3) is 0 Å². The minimum Gasteiger partial charge on any atom is -0.507 e. The van der Waals surface area contributed by atoms with E-state index in [0.29, 0.717) is 49.3 Å². The van der Waals surface area contributed by atoms with E-state index in [1.807, 2.05) is 84.6 Å². The lowest BCUT2D eigenvalue weighted by atomic mass is 9.87. The number of phenolic OH excluding ortho intramolecular Hbond substituents is 2. The van der Waals surface area contributed by atoms with Crippen LogP contribution in [0.15, 0.2) is 24.3 Å². The van der Waals surface area contributed by atoms with E-state index in [0.717, 1.165) is 50.2 Å². The molecule has 0 bridgehead atoms. The summed E-state index contributed by atoms with van der Waals surface area (Å²) in [6.45, 7) is 19.0. The van der Waals surface area contributed by atoms with Crippen LogP contribution in [0.5, 0.6) is 23.0 Å². The summed E-state index contributed by atoms with van der Waals surface area (Å²) in [6, 6.07) is 7.39. The van der Waals surface area contributed by atoms with Crippen molar-refractivity contribution in [3.8, 4) is 23.0 Å². The van der Waals surface area contributed by atoms with Gasteiger partial charge in [-0.05, 0) is 126 Å². The molecule has 3 aromatic rings. The fourth-order valence-corrected chi connectivity index (χ4v) is 7.19. The largest absolute Gasteiger partial charge is 0.507 e. The molecule has 2 aliphatic heterocycles. The van der Waals surface area contributed by atoms with E-state index in [2.05, 4.69) is 5.32 Å². The summed E-state index contributed by atoms with van der Waals surface area (Å²) in [7, 11) is 0. The van der Waals surface area contributed by atoms with Gasteiger partial charge in [0.1, 0.15) is 36.2 Å². The van der Waals surface area contributed by atoms with E-state index in [-0.39, 0.29) is 49.6 Å². The number of hydrogen-bond donors (Lipinski definition) is 3. The Labute approximate surface area is 318 Å². The first-order valence-electron chi connectivity index (χ1n) is 18.9. The van der Waals surface area contributed by atoms with Gasteiger partial charge in [0, 0.05) is 41.3 Å². The molecule has 2 heterocycles. The highest BCUT2D eigenvalue weighted by Crippen LogP contribution is 2.45. The number of amides is 1. The number of ether oxygens (including phenoxy) is 4. The maximum absolute atomic E-state index is 13.6. The number of aromatic hydroxyl groups is 2. The molecule has 5 rings (SSSR count). The number of esters is 2. The first-order chi connectivity index (χ1) is 25.4. The average Bonchev–Trinajstić information content (AvgIpc) is 3.16. The second-order valence-corrected chi connectivity index (χ2v) is 15.3. The zero-order chi connectivity index (χ0) is 39.7. The van der Waals surface area contributed by atoms with Crippen molar-refractivity contribution < 1.29 is 43.5 Å². The number of carbonyl (C=O) groups excluding carboxylic acids is 3. The van der Waals surface area contributed by atoms with Gasteiger partial charge in [-0.3, -0.25) is 4.79 Å². The van der Waals surface area contributed by atoms with Crippen LogP contribution in [0.1, 0.15) is 91.5 Å². The number of carbonyl (C=O) groups is 3. The standard InChI is InChI=1S/C43H56N2O9/c1-11-24(2)39(48)44-31-13-12-14-32(23-31)45(19-21-51-40(49)42(9)17-15-33-29(7)35(46)25(3)27(5)37(33)53-42)20-22-52-41(50)43(10)18-16-34-30(8)36(47)26(4)28(6)38(34)54-43/h12-14,23-24,46-47H,11,15-22H2,1-10H3,(H,44,48). The summed E-state index contributed by atoms with van der Waals surface area (Å²) in [4.78, 5) is 41.8. The van der Waals surface area contributed by atoms with Gasteiger partial charge in [0.05, 0.1) is 13.1 Å². The molecule has 3 N–H and O–H groups in total. The smallest absolute Gasteiger partial charge is 0.350 e. The molecule has 11 nitrogen and oxygen atoms in total. The van der Waals surface area contributed by atoms with Crippen LogP contribution >= 0.6 is 0 Å². The van der Waals surface area contributed by atoms with Crippen LogP contribution in [0.4, 0.5) is 11.4 Å². The maximum Gasteiger partial charge on any atom is 0.350 e. The Bertz CT molecular complexity index is 1850. The van der Waals surface area contributed by atoms with E-state index in [1.54, 1.807) is 13.8 Å². The van der Waals surface area contributed by atoms with Gasteiger partial charge < -0.3 is 39.4 Å². The summed E-state index contributed by atoms with van der Waals surface area (Å²) >= 11 is 0. The number of fused-ring (bicyclic) bond motifs is 2. The van der Waals surface area contributed by atoms with E-state index in [1.165, 1.54) is 0 Å². The molecule has 54 heavy (non-hydrogen) atoms. The monoisotopic (exact) mass is 744 g/mol. The zero-order valence-corrected chi connectivity index (χ0v) is 33.5. The van der Waals surface area contributed by atoms with Gasteiger partial charge in [-0.15, -0.1) is 0 Å². The van der Waals surface area contributed by atoms with Gasteiger partial charge in [0.15, 0.2) is 0 Å². The summed E-state index contributed by atoms with van der Waals surface area (Å²) < 4.78 is 24.4. The average molecular weight is 745 g/mol. The molecule has 0 spiro atoms. The third kappa shape index (κ3) is 7.81. The Morgan fingerprint density at radius 2 is 1.24 bits per heavy atom. The molecule has 3 atom stereocenters. The zero-order valence-electron chi connectivity index (χ0n) is 33.5. The molecule has 3 unspecified atom stereocenters. The highest BCUT2D eigenvalue weighted by Gasteiger charge is 2.43. The van der Waals surface area contributed by atoms with Crippen LogP contribution in [-0.2, 0) is 36.7 Å². The van der Waals surface area contributed by atoms with Crippen molar-refractivity contribution in [1.82, 2.24) is 0 Å². The van der Waals surface area contributed by atoms with E-state index >= 15 is 0 Å². The third-order valence-electron chi connectivity index (χ3n) is 11.6. The molecule has 2 aliphatic rings. The quantitative estimate of drug-likeness (QED) is 0.161. The van der Waals surface area contributed by atoms with Crippen molar-refractivity contribution in [2.45, 2.75) is 113 Å². The predicted molar refractivity (Wildman–Crippen MR) is 208 cm³/mol. The molecule has 0 radical (unpaired) electrons. The Hall–Kier alpha value is -4.93. The maximum atomic E-state index is 13.6. The first-order valence-corrected chi connectivity index (χ1v) is 18.9. The lowest BCUT2D eigenvalue weighted by molar-refractivity contribution is -0.162. The number of anilines is 2. The van der Waals surface area contributed by atoms with Crippen molar-refractivity contribution in [3.05, 3.63) is 68.8 Å². The van der Waals surface area contributed by atoms with Crippen LogP contribution in [0.25, 0.3) is 0 Å². The molecular weight excluding hydrogens is 688 g/mol. The molecule has 0 saturated carbocycles. The summed E-state index contributed by atoms with van der Waals surface area (Å²) in [6.07, 6.45) is 2.61. The van der Waals surface area contributed by atoms with E-state index < -0.39 is 23.1 Å². The number of phenols is 2. The summed E-state index contributed by atoms with van der Waals surface area (Å²) in [5.74, 6) is 0.517. The molecular formula is C43H56N2O9. The number of nitrogens with one attached hydrogen (secondary N) is 1. The normalized spacial score (nSPS) is 19.4. The van der Waals surface area contributed by atoms with Crippen molar-refractivity contribution >= 4 is 29.2 Å². The van der Waals surface area contributed by atoms with Crippen LogP contribution in [-0.4, -0.2) is 65.6 Å². The number of hydrogen-bond acceptors (Lipinski definition) is 10. The number of nitrogens with zero attached hydrogens (tertiary/aromatic N) is 1. The molecule has 3 aromatic carbocycles. The minimum absolute atomic E-state index is 0.0249. The Balaban J connectivity index is 1.28. The van der Waals surface area contributed by atoms with Crippen LogP contribution in [0, 0.1) is 47.5 Å². The predicted octanol–water partition coefficient (Wildman–Crippen LogP) is 7.39. The minimum atomic E-state index is -1.21. The lowest BCUT2D eigenvalue weighted by Crippen LogP contribution is -2.47. The second-order valence-electron chi connectivity index (χ2n) is 15.3. The van der Waals surface area contributed by atoms with Crippen LogP contribution in [0.2, 0.25) is 0 Å². The molecule has 0 aromatic heterocycles. The molecule has 0 aliphatic carbocycles. The van der Waals surface area contributed by atoms with Crippen molar-refractivity contribution in [3.63, 3.8) is 0 Å². The highest BCUT2D eigenvalue weighted by molar-refractivity contribution is 5.92. The second kappa shape index (κ2) is 15.8. The molecule has 11 heteroatoms. The first kappa shape index (κ1) is 40.3. The van der Waals surface area contributed by atoms with Gasteiger partial charge in [0.2, 0.25) is 17.1 Å². The topological polar surface area (TPSA) is 144 Å². The van der Waals surface area contributed by atoms with Crippen molar-refractivity contribution in [2.75, 3.05) is 36.5 Å². The van der Waals surface area contributed by atoms with Gasteiger partial charge >= 0.3 is 11.9 Å². The summed E-state index contributed by atoms with van der Waals surface area (Å²) in [5.41, 5.74) is 5.30.